The van der Waals surface area contributed by atoms with Crippen LogP contribution in [0.1, 0.15) is 29.3 Å². The van der Waals surface area contributed by atoms with Crippen molar-refractivity contribution < 1.29 is 24.9 Å². The van der Waals surface area contributed by atoms with Crippen LogP contribution in [0.15, 0.2) is 29.8 Å². The fourth-order valence-electron chi connectivity index (χ4n) is 2.14. The molecule has 0 heterocycles. The van der Waals surface area contributed by atoms with Gasteiger partial charge >= 0.3 is 0 Å². The number of aliphatic hydroxyl groups excluding tert-OH is 3. The largest absolute Gasteiger partial charge is 0.507 e. The molecule has 1 aliphatic rings. The van der Waals surface area contributed by atoms with Crippen LogP contribution in [0.5, 0.6) is 0 Å². The highest BCUT2D eigenvalue weighted by Crippen LogP contribution is 2.30. The summed E-state index contributed by atoms with van der Waals surface area (Å²) in [7, 11) is 0. The Labute approximate surface area is 116 Å². The number of ketones is 2. The number of aliphatic hydroxyl groups is 3. The van der Waals surface area contributed by atoms with Crippen LogP contribution in [0, 0.1) is 5.92 Å². The lowest BCUT2D eigenvalue weighted by atomic mass is 9.84. The average Bonchev–Trinajstić information content (AvgIpc) is 2.48. The lowest BCUT2D eigenvalue weighted by Gasteiger charge is -2.21. The summed E-state index contributed by atoms with van der Waals surface area (Å²) >= 11 is 0. The molecule has 1 aromatic carbocycles. The maximum absolute atomic E-state index is 12.0. The Morgan fingerprint density at radius 1 is 1.10 bits per heavy atom. The van der Waals surface area contributed by atoms with E-state index in [1.54, 1.807) is 25.1 Å². The maximum Gasteiger partial charge on any atom is 0.234 e. The minimum Gasteiger partial charge on any atom is -0.507 e. The minimum atomic E-state index is -1.00. The van der Waals surface area contributed by atoms with Crippen LogP contribution >= 0.6 is 0 Å². The van der Waals surface area contributed by atoms with Gasteiger partial charge in [-0.15, -0.1) is 0 Å². The summed E-state index contributed by atoms with van der Waals surface area (Å²) in [4.78, 5) is 24.0. The van der Waals surface area contributed by atoms with E-state index in [2.05, 4.69) is 0 Å². The second-order valence-electron chi connectivity index (χ2n) is 4.96. The van der Waals surface area contributed by atoms with Gasteiger partial charge in [-0.05, 0) is 0 Å². The van der Waals surface area contributed by atoms with Gasteiger partial charge in [0.1, 0.15) is 5.76 Å². The zero-order chi connectivity index (χ0) is 14.9. The minimum absolute atomic E-state index is 0.0958. The summed E-state index contributed by atoms with van der Waals surface area (Å²) in [6, 6.07) is 6.31. The smallest absolute Gasteiger partial charge is 0.234 e. The fraction of sp³-hybridized carbons (Fsp3) is 0.333. The van der Waals surface area contributed by atoms with Crippen molar-refractivity contribution in [2.24, 2.45) is 5.92 Å². The highest BCUT2D eigenvalue weighted by Gasteiger charge is 2.34. The molecule has 1 aliphatic carbocycles. The molecule has 2 rings (SSSR count). The zero-order valence-electron chi connectivity index (χ0n) is 11.0. The Kier molecular flexibility index (Phi) is 4.01. The number of Topliss-reactive ketones (excluding diaryl/α,β-unsaturated/α-hetero) is 2. The van der Waals surface area contributed by atoms with Crippen molar-refractivity contribution in [2.45, 2.75) is 19.4 Å². The number of rotatable bonds is 4. The van der Waals surface area contributed by atoms with E-state index in [9.17, 15) is 19.8 Å². The molecule has 0 aromatic heterocycles. The van der Waals surface area contributed by atoms with Crippen LogP contribution in [0.25, 0.3) is 5.76 Å². The Hall–Kier alpha value is -1.98. The summed E-state index contributed by atoms with van der Waals surface area (Å²) in [6.45, 7) is 1.37. The Morgan fingerprint density at radius 2 is 1.70 bits per heavy atom. The standard InChI is InChI=1S/C15H16O5/c1-8(7-16)12(17)6-11-13(18)9-4-2-3-5-10(9)14(19)15(11)20/h2-5,8,12,16-18H,6-7H2,1H3. The maximum atomic E-state index is 12.0. The SMILES string of the molecule is CC(CO)C(O)CC1=C(O)c2ccccc2C(=O)C1=O. The summed E-state index contributed by atoms with van der Waals surface area (Å²) in [5, 5.41) is 29.0. The predicted molar refractivity (Wildman–Crippen MR) is 72.2 cm³/mol. The summed E-state index contributed by atoms with van der Waals surface area (Å²) in [5.74, 6) is -2.20. The zero-order valence-corrected chi connectivity index (χ0v) is 11.0. The van der Waals surface area contributed by atoms with Crippen LogP contribution in [0.2, 0.25) is 0 Å². The third kappa shape index (κ3) is 2.37. The number of benzene rings is 1. The van der Waals surface area contributed by atoms with E-state index in [4.69, 9.17) is 5.11 Å². The molecule has 0 bridgehead atoms. The Bertz CT molecular complexity index is 588. The molecule has 20 heavy (non-hydrogen) atoms. The topological polar surface area (TPSA) is 94.8 Å². The van der Waals surface area contributed by atoms with Gasteiger partial charge in [0.05, 0.1) is 6.10 Å². The third-order valence-electron chi connectivity index (χ3n) is 3.55. The first-order valence-electron chi connectivity index (χ1n) is 6.36. The van der Waals surface area contributed by atoms with E-state index < -0.39 is 23.6 Å². The van der Waals surface area contributed by atoms with E-state index in [1.165, 1.54) is 6.07 Å². The second kappa shape index (κ2) is 5.56. The first-order valence-corrected chi connectivity index (χ1v) is 6.36. The summed E-state index contributed by atoms with van der Waals surface area (Å²) in [5.41, 5.74) is 0.376. The van der Waals surface area contributed by atoms with Crippen LogP contribution in [-0.4, -0.2) is 39.6 Å². The van der Waals surface area contributed by atoms with Gasteiger partial charge in [-0.25, -0.2) is 0 Å². The van der Waals surface area contributed by atoms with Gasteiger partial charge in [-0.3, -0.25) is 9.59 Å². The van der Waals surface area contributed by atoms with Crippen molar-refractivity contribution in [3.63, 3.8) is 0 Å². The van der Waals surface area contributed by atoms with Crippen LogP contribution < -0.4 is 0 Å². The first kappa shape index (κ1) is 14.4. The van der Waals surface area contributed by atoms with Gasteiger partial charge in [0.25, 0.3) is 0 Å². The van der Waals surface area contributed by atoms with Gasteiger partial charge in [0, 0.05) is 35.6 Å². The number of carbonyl (C=O) groups excluding carboxylic acids is 2. The molecule has 0 spiro atoms. The molecule has 0 radical (unpaired) electrons. The molecule has 0 fully saturated rings. The van der Waals surface area contributed by atoms with E-state index in [0.29, 0.717) is 5.56 Å². The molecule has 0 aliphatic heterocycles. The Balaban J connectivity index is 2.42. The third-order valence-corrected chi connectivity index (χ3v) is 3.55. The molecule has 3 N–H and O–H groups in total. The molecule has 5 nitrogen and oxygen atoms in total. The molecular weight excluding hydrogens is 260 g/mol. The van der Waals surface area contributed by atoms with Crippen molar-refractivity contribution in [3.8, 4) is 0 Å². The quantitative estimate of drug-likeness (QED) is 0.716. The molecule has 5 heteroatoms. The lowest BCUT2D eigenvalue weighted by molar-refractivity contribution is -0.112. The first-order chi connectivity index (χ1) is 9.47. The number of hydrogen-bond acceptors (Lipinski definition) is 5. The van der Waals surface area contributed by atoms with Gasteiger partial charge in [0.15, 0.2) is 0 Å². The Morgan fingerprint density at radius 3 is 2.30 bits per heavy atom. The number of carbonyl (C=O) groups is 2. The predicted octanol–water partition coefficient (Wildman–Crippen LogP) is 1.10. The van der Waals surface area contributed by atoms with Crippen LogP contribution in [-0.2, 0) is 4.79 Å². The van der Waals surface area contributed by atoms with Gasteiger partial charge in [-0.2, -0.15) is 0 Å². The fourth-order valence-corrected chi connectivity index (χ4v) is 2.14. The van der Waals surface area contributed by atoms with E-state index in [0.717, 1.165) is 0 Å². The number of fused-ring (bicyclic) bond motifs is 1. The van der Waals surface area contributed by atoms with Crippen LogP contribution in [0.3, 0.4) is 0 Å². The average molecular weight is 276 g/mol. The van der Waals surface area contributed by atoms with Crippen molar-refractivity contribution in [1.29, 1.82) is 0 Å². The molecule has 0 amide bonds. The monoisotopic (exact) mass is 276 g/mol. The summed E-state index contributed by atoms with van der Waals surface area (Å²) in [6.07, 6.45) is -1.16. The number of hydrogen-bond donors (Lipinski definition) is 3. The molecular formula is C15H16O5. The molecule has 2 unspecified atom stereocenters. The van der Waals surface area contributed by atoms with E-state index in [-0.39, 0.29) is 29.9 Å². The second-order valence-corrected chi connectivity index (χ2v) is 4.96. The van der Waals surface area contributed by atoms with Crippen molar-refractivity contribution in [1.82, 2.24) is 0 Å². The van der Waals surface area contributed by atoms with Crippen molar-refractivity contribution in [2.75, 3.05) is 6.61 Å². The normalized spacial score (nSPS) is 17.9. The highest BCUT2D eigenvalue weighted by molar-refractivity contribution is 6.52. The van der Waals surface area contributed by atoms with Crippen LogP contribution in [0.4, 0.5) is 0 Å². The van der Waals surface area contributed by atoms with E-state index in [1.807, 2.05) is 0 Å². The van der Waals surface area contributed by atoms with Gasteiger partial charge in [0.2, 0.25) is 11.6 Å². The summed E-state index contributed by atoms with van der Waals surface area (Å²) < 4.78 is 0. The van der Waals surface area contributed by atoms with Gasteiger partial charge in [-0.1, -0.05) is 31.2 Å². The molecule has 0 saturated heterocycles. The molecule has 2 atom stereocenters. The molecule has 0 saturated carbocycles. The molecule has 106 valence electrons. The van der Waals surface area contributed by atoms with E-state index >= 15 is 0 Å². The van der Waals surface area contributed by atoms with Gasteiger partial charge < -0.3 is 15.3 Å². The van der Waals surface area contributed by atoms with Crippen molar-refractivity contribution >= 4 is 17.3 Å². The van der Waals surface area contributed by atoms with Crippen molar-refractivity contribution in [3.05, 3.63) is 41.0 Å². The molecule has 1 aromatic rings. The highest BCUT2D eigenvalue weighted by atomic mass is 16.3. The lowest BCUT2D eigenvalue weighted by Crippen LogP contribution is -2.29.